The predicted molar refractivity (Wildman–Crippen MR) is 114 cm³/mol. The van der Waals surface area contributed by atoms with Crippen molar-refractivity contribution >= 4 is 20.3 Å². The van der Waals surface area contributed by atoms with Gasteiger partial charge < -0.3 is 13.9 Å². The Kier molecular flexibility index (Phi) is 5.98. The van der Waals surface area contributed by atoms with E-state index in [1.807, 2.05) is 30.3 Å². The van der Waals surface area contributed by atoms with Gasteiger partial charge in [0, 0.05) is 0 Å². The van der Waals surface area contributed by atoms with Crippen molar-refractivity contribution in [3.8, 4) is 0 Å². The molecule has 1 aliphatic heterocycles. The van der Waals surface area contributed by atoms with Crippen molar-refractivity contribution in [3.63, 3.8) is 0 Å². The smallest absolute Gasteiger partial charge is 0.342 e. The first-order valence-electron chi connectivity index (χ1n) is 10.6. The summed E-state index contributed by atoms with van der Waals surface area (Å²) < 4.78 is 18.5. The molecule has 160 valence electrons. The molecule has 1 heterocycles. The third-order valence-corrected chi connectivity index (χ3v) is 11.3. The van der Waals surface area contributed by atoms with Crippen molar-refractivity contribution < 1.29 is 23.5 Å². The summed E-state index contributed by atoms with van der Waals surface area (Å²) in [6.45, 7) is 10.8. The van der Waals surface area contributed by atoms with Gasteiger partial charge in [-0.15, -0.1) is 0 Å². The molecule has 1 spiro atoms. The Balaban J connectivity index is 1.96. The molecule has 2 aliphatic rings. The number of benzene rings is 1. The molecule has 3 rings (SSSR count). The van der Waals surface area contributed by atoms with Crippen LogP contribution in [0.2, 0.25) is 18.1 Å². The van der Waals surface area contributed by atoms with Gasteiger partial charge in [0.05, 0.1) is 6.42 Å². The van der Waals surface area contributed by atoms with Crippen LogP contribution in [-0.4, -0.2) is 31.5 Å². The van der Waals surface area contributed by atoms with Gasteiger partial charge in [0.1, 0.15) is 6.61 Å². The first-order chi connectivity index (χ1) is 13.5. The highest BCUT2D eigenvalue weighted by Gasteiger charge is 2.69. The Morgan fingerprint density at radius 3 is 2.31 bits per heavy atom. The molecular weight excluding hydrogens is 384 g/mol. The van der Waals surface area contributed by atoms with Crippen LogP contribution in [0.4, 0.5) is 0 Å². The third kappa shape index (κ3) is 4.15. The molecular formula is C23H34O5Si. The van der Waals surface area contributed by atoms with Crippen LogP contribution < -0.4 is 0 Å². The van der Waals surface area contributed by atoms with E-state index >= 15 is 0 Å². The number of carbonyl (C=O) groups excluding carboxylic acids is 2. The van der Waals surface area contributed by atoms with E-state index < -0.39 is 25.5 Å². The van der Waals surface area contributed by atoms with Gasteiger partial charge in [0.2, 0.25) is 5.60 Å². The zero-order valence-electron chi connectivity index (χ0n) is 18.4. The molecule has 1 aromatic carbocycles. The predicted octanol–water partition coefficient (Wildman–Crippen LogP) is 5.14. The maximum absolute atomic E-state index is 13.6. The second-order valence-corrected chi connectivity index (χ2v) is 14.7. The minimum absolute atomic E-state index is 0.0624. The molecule has 1 aromatic rings. The highest BCUT2D eigenvalue weighted by molar-refractivity contribution is 6.74. The topological polar surface area (TPSA) is 61.8 Å². The zero-order valence-corrected chi connectivity index (χ0v) is 19.4. The van der Waals surface area contributed by atoms with E-state index in [1.54, 1.807) is 0 Å². The molecule has 2 fully saturated rings. The average molecular weight is 419 g/mol. The van der Waals surface area contributed by atoms with Crippen LogP contribution >= 0.6 is 0 Å². The van der Waals surface area contributed by atoms with Crippen molar-refractivity contribution in [3.05, 3.63) is 35.9 Å². The van der Waals surface area contributed by atoms with Crippen LogP contribution in [-0.2, 0) is 30.1 Å². The van der Waals surface area contributed by atoms with Crippen LogP contribution in [0.15, 0.2) is 30.3 Å². The molecule has 1 saturated heterocycles. The van der Waals surface area contributed by atoms with Crippen LogP contribution in [0.3, 0.4) is 0 Å². The monoisotopic (exact) mass is 418 g/mol. The van der Waals surface area contributed by atoms with Gasteiger partial charge in [-0.2, -0.15) is 0 Å². The Morgan fingerprint density at radius 1 is 1.10 bits per heavy atom. The maximum atomic E-state index is 13.6. The fraction of sp³-hybridized carbons (Fsp3) is 0.652. The van der Waals surface area contributed by atoms with Crippen molar-refractivity contribution in [2.24, 2.45) is 0 Å². The van der Waals surface area contributed by atoms with Crippen LogP contribution in [0.1, 0.15) is 64.9 Å². The van der Waals surface area contributed by atoms with E-state index in [0.29, 0.717) is 12.8 Å². The molecule has 1 atom stereocenters. The lowest BCUT2D eigenvalue weighted by Crippen LogP contribution is -2.64. The molecule has 0 radical (unpaired) electrons. The fourth-order valence-electron chi connectivity index (χ4n) is 4.19. The summed E-state index contributed by atoms with van der Waals surface area (Å²) in [4.78, 5) is 26.2. The molecule has 0 amide bonds. The number of hydrogen-bond acceptors (Lipinski definition) is 5. The molecule has 0 N–H and O–H groups in total. The van der Waals surface area contributed by atoms with Gasteiger partial charge in [0.15, 0.2) is 13.9 Å². The molecule has 29 heavy (non-hydrogen) atoms. The summed E-state index contributed by atoms with van der Waals surface area (Å²) in [6, 6.07) is 9.59. The van der Waals surface area contributed by atoms with Crippen LogP contribution in [0.5, 0.6) is 0 Å². The lowest BCUT2D eigenvalue weighted by molar-refractivity contribution is -0.190. The Bertz CT molecular complexity index is 746. The molecule has 1 unspecified atom stereocenters. The minimum atomic E-state index is -2.39. The Hall–Kier alpha value is -1.66. The van der Waals surface area contributed by atoms with Gasteiger partial charge in [0.25, 0.3) is 0 Å². The van der Waals surface area contributed by atoms with Gasteiger partial charge >= 0.3 is 11.9 Å². The number of hydrogen-bond donors (Lipinski definition) is 0. The molecule has 5 nitrogen and oxygen atoms in total. The zero-order chi connectivity index (χ0) is 21.3. The van der Waals surface area contributed by atoms with Gasteiger partial charge in [-0.1, -0.05) is 57.5 Å². The molecule has 6 heteroatoms. The van der Waals surface area contributed by atoms with Crippen molar-refractivity contribution in [1.29, 1.82) is 0 Å². The second-order valence-electron chi connectivity index (χ2n) is 9.96. The Labute approximate surface area is 175 Å². The lowest BCUT2D eigenvalue weighted by Gasteiger charge is -2.49. The standard InChI is InChI=1S/C23H34O5Si/c1-21(2,3)29(4,5)28-23(20(25)26-17-18-12-8-6-9-13-18)16-19(24)27-22(23)14-10-7-11-15-22/h6,8-9,12-13H,7,10-11,14-17H2,1-5H3. The van der Waals surface area contributed by atoms with Crippen LogP contribution in [0.25, 0.3) is 0 Å². The number of carbonyl (C=O) groups is 2. The minimum Gasteiger partial charge on any atom is -0.459 e. The summed E-state index contributed by atoms with van der Waals surface area (Å²) in [5, 5.41) is -0.110. The van der Waals surface area contributed by atoms with E-state index in [0.717, 1.165) is 24.8 Å². The van der Waals surface area contributed by atoms with Crippen molar-refractivity contribution in [1.82, 2.24) is 0 Å². The maximum Gasteiger partial charge on any atom is 0.342 e. The van der Waals surface area contributed by atoms with Gasteiger partial charge in [-0.25, -0.2) is 4.79 Å². The largest absolute Gasteiger partial charge is 0.459 e. The summed E-state index contributed by atoms with van der Waals surface area (Å²) in [5.74, 6) is -0.818. The lowest BCUT2D eigenvalue weighted by atomic mass is 9.72. The van der Waals surface area contributed by atoms with Gasteiger partial charge in [-0.3, -0.25) is 4.79 Å². The van der Waals surface area contributed by atoms with E-state index in [4.69, 9.17) is 13.9 Å². The average Bonchev–Trinajstić information content (AvgIpc) is 2.91. The molecule has 1 aliphatic carbocycles. The molecule has 1 saturated carbocycles. The summed E-state index contributed by atoms with van der Waals surface area (Å²) in [5.41, 5.74) is -1.36. The van der Waals surface area contributed by atoms with Crippen LogP contribution in [0, 0.1) is 0 Å². The van der Waals surface area contributed by atoms with Crippen molar-refractivity contribution in [2.75, 3.05) is 0 Å². The second kappa shape index (κ2) is 7.87. The quantitative estimate of drug-likeness (QED) is 0.489. The number of esters is 2. The number of rotatable bonds is 5. The molecule has 0 aromatic heterocycles. The summed E-state index contributed by atoms with van der Waals surface area (Å²) >= 11 is 0. The highest BCUT2D eigenvalue weighted by atomic mass is 28.4. The van der Waals surface area contributed by atoms with E-state index in [2.05, 4.69) is 33.9 Å². The first kappa shape index (κ1) is 22.0. The normalized spacial score (nSPS) is 24.4. The number of ether oxygens (including phenoxy) is 2. The highest BCUT2D eigenvalue weighted by Crippen LogP contribution is 2.53. The molecule has 0 bridgehead atoms. The Morgan fingerprint density at radius 2 is 1.72 bits per heavy atom. The van der Waals surface area contributed by atoms with Crippen molar-refractivity contribution in [2.45, 2.75) is 95.2 Å². The summed E-state index contributed by atoms with van der Waals surface area (Å²) in [7, 11) is -2.39. The third-order valence-electron chi connectivity index (χ3n) is 6.88. The summed E-state index contributed by atoms with van der Waals surface area (Å²) in [6.07, 6.45) is 4.15. The fourth-order valence-corrected chi connectivity index (χ4v) is 5.71. The van der Waals surface area contributed by atoms with E-state index in [9.17, 15) is 9.59 Å². The first-order valence-corrected chi connectivity index (χ1v) is 13.6. The van der Waals surface area contributed by atoms with E-state index in [-0.39, 0.29) is 24.0 Å². The van der Waals surface area contributed by atoms with Gasteiger partial charge in [-0.05, 0) is 49.4 Å². The SMILES string of the molecule is CC(C)(C)[Si](C)(C)OC1(C(=O)OCc2ccccc2)CC(=O)OC12CCCCC2. The van der Waals surface area contributed by atoms with E-state index in [1.165, 1.54) is 0 Å².